The van der Waals surface area contributed by atoms with Gasteiger partial charge in [0.2, 0.25) is 10.0 Å². The molecule has 0 N–H and O–H groups in total. The topological polar surface area (TPSA) is 55.8 Å². The van der Waals surface area contributed by atoms with Gasteiger partial charge in [0.25, 0.3) is 0 Å². The standard InChI is InChI=1S/C19H22ClNO4S/c1-24-18-7-2-4-15(12-18)8-11-26(22,23)21-9-10-25-19(14-21)16-5-3-6-17(20)13-16/h2-7,12-13,19H,8-11,14H2,1H3. The number of rotatable bonds is 6. The average molecular weight is 396 g/mol. The predicted octanol–water partition coefficient (Wildman–Crippen LogP) is 3.29. The summed E-state index contributed by atoms with van der Waals surface area (Å²) in [5, 5.41) is 0.615. The maximum atomic E-state index is 12.8. The minimum absolute atomic E-state index is 0.0580. The van der Waals surface area contributed by atoms with E-state index in [2.05, 4.69) is 0 Å². The summed E-state index contributed by atoms with van der Waals surface area (Å²) < 4.78 is 38.0. The molecule has 0 radical (unpaired) electrons. The summed E-state index contributed by atoms with van der Waals surface area (Å²) >= 11 is 6.03. The maximum Gasteiger partial charge on any atom is 0.214 e. The number of nitrogens with zero attached hydrogens (tertiary/aromatic N) is 1. The van der Waals surface area contributed by atoms with Gasteiger partial charge in [-0.25, -0.2) is 8.42 Å². The number of halogens is 1. The highest BCUT2D eigenvalue weighted by atomic mass is 35.5. The normalized spacial score (nSPS) is 18.6. The largest absolute Gasteiger partial charge is 0.497 e. The molecule has 1 aliphatic heterocycles. The maximum absolute atomic E-state index is 12.8. The summed E-state index contributed by atoms with van der Waals surface area (Å²) in [6.07, 6.45) is 0.146. The lowest BCUT2D eigenvalue weighted by Crippen LogP contribution is -2.43. The van der Waals surface area contributed by atoms with E-state index < -0.39 is 10.0 Å². The van der Waals surface area contributed by atoms with Crippen LogP contribution in [0.15, 0.2) is 48.5 Å². The smallest absolute Gasteiger partial charge is 0.214 e. The molecule has 0 amide bonds. The zero-order valence-corrected chi connectivity index (χ0v) is 16.2. The third-order valence-corrected chi connectivity index (χ3v) is 6.50. The SMILES string of the molecule is COc1cccc(CCS(=O)(=O)N2CCOC(c3cccc(Cl)c3)C2)c1. The number of sulfonamides is 1. The molecule has 2 aromatic rings. The lowest BCUT2D eigenvalue weighted by molar-refractivity contribution is -0.00252. The third kappa shape index (κ3) is 4.76. The van der Waals surface area contributed by atoms with Crippen molar-refractivity contribution < 1.29 is 17.9 Å². The molecule has 1 atom stereocenters. The van der Waals surface area contributed by atoms with Crippen LogP contribution in [0.5, 0.6) is 5.75 Å². The predicted molar refractivity (Wildman–Crippen MR) is 102 cm³/mol. The molecule has 0 saturated carbocycles. The van der Waals surface area contributed by atoms with Crippen LogP contribution in [0, 0.1) is 0 Å². The third-order valence-electron chi connectivity index (χ3n) is 4.43. The van der Waals surface area contributed by atoms with Crippen molar-refractivity contribution in [3.63, 3.8) is 0 Å². The molecule has 1 fully saturated rings. The number of hydrogen-bond donors (Lipinski definition) is 0. The molecule has 2 aromatic carbocycles. The number of ether oxygens (including phenoxy) is 2. The Labute approximate surface area is 159 Å². The van der Waals surface area contributed by atoms with Crippen molar-refractivity contribution in [2.24, 2.45) is 0 Å². The van der Waals surface area contributed by atoms with Gasteiger partial charge in [-0.05, 0) is 41.8 Å². The summed E-state index contributed by atoms with van der Waals surface area (Å²) in [6, 6.07) is 14.8. The number of methoxy groups -OCH3 is 1. The van der Waals surface area contributed by atoms with Crippen LogP contribution in [0.3, 0.4) is 0 Å². The van der Waals surface area contributed by atoms with E-state index >= 15 is 0 Å². The average Bonchev–Trinajstić information content (AvgIpc) is 2.67. The van der Waals surface area contributed by atoms with E-state index in [9.17, 15) is 8.42 Å². The molecule has 1 heterocycles. The Hall–Kier alpha value is -1.60. The molecule has 140 valence electrons. The van der Waals surface area contributed by atoms with Crippen molar-refractivity contribution in [1.82, 2.24) is 4.31 Å². The van der Waals surface area contributed by atoms with Crippen LogP contribution in [0.4, 0.5) is 0 Å². The van der Waals surface area contributed by atoms with Crippen LogP contribution in [0.25, 0.3) is 0 Å². The molecule has 0 bridgehead atoms. The van der Waals surface area contributed by atoms with Gasteiger partial charge >= 0.3 is 0 Å². The number of aryl methyl sites for hydroxylation is 1. The zero-order chi connectivity index (χ0) is 18.6. The summed E-state index contributed by atoms with van der Waals surface area (Å²) in [4.78, 5) is 0. The second-order valence-corrected chi connectivity index (χ2v) is 8.71. The van der Waals surface area contributed by atoms with Crippen LogP contribution in [0.1, 0.15) is 17.2 Å². The van der Waals surface area contributed by atoms with Crippen molar-refractivity contribution in [2.75, 3.05) is 32.6 Å². The first kappa shape index (κ1) is 19.2. The molecule has 1 saturated heterocycles. The summed E-state index contributed by atoms with van der Waals surface area (Å²) in [7, 11) is -1.78. The lowest BCUT2D eigenvalue weighted by atomic mass is 10.1. The fraction of sp³-hybridized carbons (Fsp3) is 0.368. The number of morpholine rings is 1. The van der Waals surface area contributed by atoms with E-state index in [0.29, 0.717) is 31.1 Å². The quantitative estimate of drug-likeness (QED) is 0.753. The van der Waals surface area contributed by atoms with Gasteiger partial charge in [-0.15, -0.1) is 0 Å². The second kappa shape index (κ2) is 8.39. The van der Waals surface area contributed by atoms with Gasteiger partial charge in [0.15, 0.2) is 0 Å². The Kier molecular flexibility index (Phi) is 6.19. The van der Waals surface area contributed by atoms with E-state index in [-0.39, 0.29) is 11.9 Å². The number of benzene rings is 2. The van der Waals surface area contributed by atoms with Crippen LogP contribution < -0.4 is 4.74 Å². The van der Waals surface area contributed by atoms with Crippen molar-refractivity contribution in [1.29, 1.82) is 0 Å². The number of hydrogen-bond acceptors (Lipinski definition) is 4. The van der Waals surface area contributed by atoms with Gasteiger partial charge in [-0.2, -0.15) is 4.31 Å². The van der Waals surface area contributed by atoms with Gasteiger partial charge in [0.05, 0.1) is 25.6 Å². The van der Waals surface area contributed by atoms with Crippen molar-refractivity contribution >= 4 is 21.6 Å². The molecule has 3 rings (SSSR count). The van der Waals surface area contributed by atoms with Gasteiger partial charge in [0.1, 0.15) is 5.75 Å². The Morgan fingerprint density at radius 1 is 1.23 bits per heavy atom. The molecular weight excluding hydrogens is 374 g/mol. The van der Waals surface area contributed by atoms with Gasteiger partial charge in [0, 0.05) is 18.1 Å². The lowest BCUT2D eigenvalue weighted by Gasteiger charge is -2.32. The van der Waals surface area contributed by atoms with Crippen LogP contribution in [-0.2, 0) is 21.2 Å². The first-order valence-electron chi connectivity index (χ1n) is 8.46. The molecule has 5 nitrogen and oxygen atoms in total. The second-order valence-electron chi connectivity index (χ2n) is 6.19. The summed E-state index contributed by atoms with van der Waals surface area (Å²) in [5.74, 6) is 0.787. The molecule has 0 aromatic heterocycles. The fourth-order valence-electron chi connectivity index (χ4n) is 2.99. The van der Waals surface area contributed by atoms with E-state index in [1.54, 1.807) is 13.2 Å². The van der Waals surface area contributed by atoms with Crippen molar-refractivity contribution in [3.05, 3.63) is 64.7 Å². The van der Waals surface area contributed by atoms with Gasteiger partial charge < -0.3 is 9.47 Å². The Bertz CT molecular complexity index is 856. The molecule has 7 heteroatoms. The monoisotopic (exact) mass is 395 g/mol. The molecule has 1 unspecified atom stereocenters. The van der Waals surface area contributed by atoms with Crippen molar-refractivity contribution in [3.8, 4) is 5.75 Å². The van der Waals surface area contributed by atoms with Crippen LogP contribution in [0.2, 0.25) is 5.02 Å². The summed E-state index contributed by atoms with van der Waals surface area (Å²) in [5.41, 5.74) is 1.83. The van der Waals surface area contributed by atoms with Crippen LogP contribution >= 0.6 is 11.6 Å². The van der Waals surface area contributed by atoms with E-state index in [4.69, 9.17) is 21.1 Å². The minimum Gasteiger partial charge on any atom is -0.497 e. The highest BCUT2D eigenvalue weighted by Gasteiger charge is 2.30. The van der Waals surface area contributed by atoms with Crippen LogP contribution in [-0.4, -0.2) is 45.3 Å². The van der Waals surface area contributed by atoms with Crippen molar-refractivity contribution in [2.45, 2.75) is 12.5 Å². The highest BCUT2D eigenvalue weighted by Crippen LogP contribution is 2.26. The van der Waals surface area contributed by atoms with Gasteiger partial charge in [-0.3, -0.25) is 0 Å². The van der Waals surface area contributed by atoms with E-state index in [0.717, 1.165) is 16.9 Å². The van der Waals surface area contributed by atoms with E-state index in [1.807, 2.05) is 42.5 Å². The highest BCUT2D eigenvalue weighted by molar-refractivity contribution is 7.89. The Morgan fingerprint density at radius 3 is 2.81 bits per heavy atom. The Balaban J connectivity index is 1.66. The van der Waals surface area contributed by atoms with E-state index in [1.165, 1.54) is 4.31 Å². The first-order chi connectivity index (χ1) is 12.5. The first-order valence-corrected chi connectivity index (χ1v) is 10.4. The molecule has 1 aliphatic rings. The molecule has 0 aliphatic carbocycles. The fourth-order valence-corrected chi connectivity index (χ4v) is 4.66. The molecule has 26 heavy (non-hydrogen) atoms. The van der Waals surface area contributed by atoms with Gasteiger partial charge in [-0.1, -0.05) is 35.9 Å². The minimum atomic E-state index is -3.37. The summed E-state index contributed by atoms with van der Waals surface area (Å²) in [6.45, 7) is 1.05. The molecule has 0 spiro atoms. The molecular formula is C19H22ClNO4S. The Morgan fingerprint density at radius 2 is 2.04 bits per heavy atom. The zero-order valence-electron chi connectivity index (χ0n) is 14.6.